The normalized spacial score (nSPS) is 14.3. The van der Waals surface area contributed by atoms with Crippen molar-refractivity contribution in [3.8, 4) is 0 Å². The SMILES string of the molecule is Cc1ccc(CN2CCN(C(=O)c3cn(Cc4ccccc4Cl)nn3)CC2=O)cc1. The van der Waals surface area contributed by atoms with E-state index in [1.54, 1.807) is 15.8 Å². The highest BCUT2D eigenvalue weighted by atomic mass is 35.5. The molecular weight excluding hydrogens is 402 g/mol. The van der Waals surface area contributed by atoms with Crippen molar-refractivity contribution in [2.45, 2.75) is 20.0 Å². The van der Waals surface area contributed by atoms with E-state index in [0.29, 0.717) is 31.2 Å². The highest BCUT2D eigenvalue weighted by molar-refractivity contribution is 6.31. The minimum atomic E-state index is -0.288. The van der Waals surface area contributed by atoms with Crippen molar-refractivity contribution in [2.75, 3.05) is 19.6 Å². The maximum absolute atomic E-state index is 12.8. The zero-order chi connectivity index (χ0) is 21.1. The third-order valence-electron chi connectivity index (χ3n) is 5.15. The van der Waals surface area contributed by atoms with Crippen molar-refractivity contribution in [3.63, 3.8) is 0 Å². The van der Waals surface area contributed by atoms with Gasteiger partial charge in [0.25, 0.3) is 5.91 Å². The Labute approximate surface area is 179 Å². The molecule has 0 N–H and O–H groups in total. The first-order valence-corrected chi connectivity index (χ1v) is 10.1. The Bertz CT molecular complexity index is 1060. The molecule has 8 heteroatoms. The van der Waals surface area contributed by atoms with Gasteiger partial charge < -0.3 is 9.80 Å². The number of carbonyl (C=O) groups excluding carboxylic acids is 2. The van der Waals surface area contributed by atoms with Gasteiger partial charge in [-0.1, -0.05) is 64.8 Å². The van der Waals surface area contributed by atoms with E-state index in [1.165, 1.54) is 10.5 Å². The molecule has 0 radical (unpaired) electrons. The molecule has 1 aliphatic heterocycles. The lowest BCUT2D eigenvalue weighted by Gasteiger charge is -2.34. The lowest BCUT2D eigenvalue weighted by Crippen LogP contribution is -2.51. The van der Waals surface area contributed by atoms with Crippen LogP contribution in [0.2, 0.25) is 5.02 Å². The highest BCUT2D eigenvalue weighted by Crippen LogP contribution is 2.16. The third-order valence-corrected chi connectivity index (χ3v) is 5.52. The molecule has 0 unspecified atom stereocenters. The second-order valence-corrected chi connectivity index (χ2v) is 7.83. The van der Waals surface area contributed by atoms with Gasteiger partial charge in [-0.15, -0.1) is 5.10 Å². The number of amides is 2. The maximum atomic E-state index is 12.8. The van der Waals surface area contributed by atoms with Crippen molar-refractivity contribution >= 4 is 23.4 Å². The van der Waals surface area contributed by atoms with Crippen LogP contribution in [0.3, 0.4) is 0 Å². The number of hydrogen-bond acceptors (Lipinski definition) is 4. The number of nitrogens with zero attached hydrogens (tertiary/aromatic N) is 5. The smallest absolute Gasteiger partial charge is 0.276 e. The Morgan fingerprint density at radius 1 is 1.07 bits per heavy atom. The van der Waals surface area contributed by atoms with Gasteiger partial charge in [0, 0.05) is 24.7 Å². The summed E-state index contributed by atoms with van der Waals surface area (Å²) in [5.74, 6) is -0.359. The second kappa shape index (κ2) is 8.67. The van der Waals surface area contributed by atoms with Crippen LogP contribution in [0.15, 0.2) is 54.7 Å². The van der Waals surface area contributed by atoms with Gasteiger partial charge in [-0.3, -0.25) is 9.59 Å². The Balaban J connectivity index is 1.37. The molecule has 1 aromatic heterocycles. The van der Waals surface area contributed by atoms with Crippen LogP contribution < -0.4 is 0 Å². The molecule has 1 saturated heterocycles. The molecule has 2 heterocycles. The number of benzene rings is 2. The summed E-state index contributed by atoms with van der Waals surface area (Å²) in [6.45, 7) is 4.00. The van der Waals surface area contributed by atoms with Crippen molar-refractivity contribution in [1.29, 1.82) is 0 Å². The van der Waals surface area contributed by atoms with E-state index in [-0.39, 0.29) is 24.1 Å². The molecule has 0 spiro atoms. The zero-order valence-corrected chi connectivity index (χ0v) is 17.4. The number of hydrogen-bond donors (Lipinski definition) is 0. The van der Waals surface area contributed by atoms with Gasteiger partial charge in [0.15, 0.2) is 5.69 Å². The van der Waals surface area contributed by atoms with Crippen LogP contribution in [-0.2, 0) is 17.9 Å². The van der Waals surface area contributed by atoms with Gasteiger partial charge in [-0.25, -0.2) is 4.68 Å². The van der Waals surface area contributed by atoms with E-state index in [2.05, 4.69) is 10.3 Å². The minimum absolute atomic E-state index is 0.0437. The van der Waals surface area contributed by atoms with Gasteiger partial charge >= 0.3 is 0 Å². The Hall–Kier alpha value is -3.19. The lowest BCUT2D eigenvalue weighted by molar-refractivity contribution is -0.135. The van der Waals surface area contributed by atoms with Crippen LogP contribution >= 0.6 is 11.6 Å². The van der Waals surface area contributed by atoms with Crippen molar-refractivity contribution < 1.29 is 9.59 Å². The van der Waals surface area contributed by atoms with E-state index in [1.807, 2.05) is 55.5 Å². The highest BCUT2D eigenvalue weighted by Gasteiger charge is 2.29. The topological polar surface area (TPSA) is 71.3 Å². The van der Waals surface area contributed by atoms with E-state index in [0.717, 1.165) is 11.1 Å². The predicted molar refractivity (Wildman–Crippen MR) is 113 cm³/mol. The van der Waals surface area contributed by atoms with E-state index >= 15 is 0 Å². The van der Waals surface area contributed by atoms with E-state index < -0.39 is 0 Å². The van der Waals surface area contributed by atoms with Gasteiger partial charge in [-0.05, 0) is 24.1 Å². The fourth-order valence-corrected chi connectivity index (χ4v) is 3.60. The molecule has 0 bridgehead atoms. The first-order chi connectivity index (χ1) is 14.5. The molecule has 0 saturated carbocycles. The second-order valence-electron chi connectivity index (χ2n) is 7.42. The molecule has 2 amide bonds. The summed E-state index contributed by atoms with van der Waals surface area (Å²) >= 11 is 6.18. The summed E-state index contributed by atoms with van der Waals surface area (Å²) in [6, 6.07) is 15.6. The quantitative estimate of drug-likeness (QED) is 0.632. The molecule has 30 heavy (non-hydrogen) atoms. The van der Waals surface area contributed by atoms with Crippen LogP contribution in [-0.4, -0.2) is 56.2 Å². The largest absolute Gasteiger partial charge is 0.335 e. The Morgan fingerprint density at radius 2 is 1.83 bits per heavy atom. The van der Waals surface area contributed by atoms with Crippen molar-refractivity contribution in [1.82, 2.24) is 24.8 Å². The average Bonchev–Trinajstić information content (AvgIpc) is 3.21. The molecule has 0 aliphatic carbocycles. The number of carbonyl (C=O) groups is 2. The molecule has 7 nitrogen and oxygen atoms in total. The molecule has 0 atom stereocenters. The number of aryl methyl sites for hydroxylation is 1. The molecule has 1 aliphatic rings. The van der Waals surface area contributed by atoms with E-state index in [4.69, 9.17) is 11.6 Å². The fraction of sp³-hybridized carbons (Fsp3) is 0.273. The minimum Gasteiger partial charge on any atom is -0.335 e. The molecule has 1 fully saturated rings. The summed E-state index contributed by atoms with van der Waals surface area (Å²) in [5.41, 5.74) is 3.38. The van der Waals surface area contributed by atoms with Crippen LogP contribution in [0.5, 0.6) is 0 Å². The summed E-state index contributed by atoms with van der Waals surface area (Å²) in [6.07, 6.45) is 1.59. The Morgan fingerprint density at radius 3 is 2.57 bits per heavy atom. The molecule has 4 rings (SSSR count). The maximum Gasteiger partial charge on any atom is 0.276 e. The standard InChI is InChI=1S/C22H22ClN5O2/c1-16-6-8-17(9-7-16)12-26-10-11-27(15-21(26)29)22(30)20-14-28(25-24-20)13-18-4-2-3-5-19(18)23/h2-9,14H,10-13,15H2,1H3. The first-order valence-electron chi connectivity index (χ1n) is 9.76. The summed E-state index contributed by atoms with van der Waals surface area (Å²) in [5, 5.41) is 8.66. The van der Waals surface area contributed by atoms with Gasteiger partial charge in [0.05, 0.1) is 12.7 Å². The first kappa shape index (κ1) is 20.1. The van der Waals surface area contributed by atoms with Crippen LogP contribution in [0.4, 0.5) is 0 Å². The molecule has 3 aromatic rings. The molecule has 2 aromatic carbocycles. The average molecular weight is 424 g/mol. The van der Waals surface area contributed by atoms with Crippen LogP contribution in [0, 0.1) is 6.92 Å². The van der Waals surface area contributed by atoms with E-state index in [9.17, 15) is 9.59 Å². The van der Waals surface area contributed by atoms with Gasteiger partial charge in [-0.2, -0.15) is 0 Å². The third kappa shape index (κ3) is 4.52. The fourth-order valence-electron chi connectivity index (χ4n) is 3.40. The molecular formula is C22H22ClN5O2. The van der Waals surface area contributed by atoms with Crippen molar-refractivity contribution in [3.05, 3.63) is 82.1 Å². The lowest BCUT2D eigenvalue weighted by atomic mass is 10.1. The predicted octanol–water partition coefficient (Wildman–Crippen LogP) is 2.77. The van der Waals surface area contributed by atoms with Gasteiger partial charge in [0.2, 0.25) is 5.91 Å². The Kier molecular flexibility index (Phi) is 5.81. The van der Waals surface area contributed by atoms with Crippen LogP contribution in [0.25, 0.3) is 0 Å². The number of aromatic nitrogens is 3. The summed E-state index contributed by atoms with van der Waals surface area (Å²) in [7, 11) is 0. The number of piperazine rings is 1. The van der Waals surface area contributed by atoms with Crippen LogP contribution in [0.1, 0.15) is 27.2 Å². The number of halogens is 1. The summed E-state index contributed by atoms with van der Waals surface area (Å²) < 4.78 is 1.57. The molecule has 154 valence electrons. The van der Waals surface area contributed by atoms with Crippen molar-refractivity contribution in [2.24, 2.45) is 0 Å². The zero-order valence-electron chi connectivity index (χ0n) is 16.7. The number of rotatable bonds is 5. The monoisotopic (exact) mass is 423 g/mol. The summed E-state index contributed by atoms with van der Waals surface area (Å²) in [4.78, 5) is 28.7. The van der Waals surface area contributed by atoms with Gasteiger partial charge in [0.1, 0.15) is 6.54 Å².